The predicted octanol–water partition coefficient (Wildman–Crippen LogP) is 2.90. The molecule has 36 heavy (non-hydrogen) atoms. The van der Waals surface area contributed by atoms with Crippen molar-refractivity contribution in [1.29, 1.82) is 0 Å². The molecule has 2 unspecified atom stereocenters. The monoisotopic (exact) mass is 508 g/mol. The normalized spacial score (nSPS) is 18.4. The first-order valence-corrected chi connectivity index (χ1v) is 13.4. The van der Waals surface area contributed by atoms with Gasteiger partial charge in [0.1, 0.15) is 12.1 Å². The zero-order valence-electron chi connectivity index (χ0n) is 22.5. The van der Waals surface area contributed by atoms with E-state index < -0.39 is 12.1 Å². The number of carbonyl (C=O) groups excluding carboxylic acids is 2. The lowest BCUT2D eigenvalue weighted by Crippen LogP contribution is -2.32. The van der Waals surface area contributed by atoms with E-state index in [1.54, 1.807) is 13.8 Å². The van der Waals surface area contributed by atoms with Crippen LogP contribution in [0.5, 0.6) is 0 Å². The summed E-state index contributed by atoms with van der Waals surface area (Å²) in [4.78, 5) is 37.6. The van der Waals surface area contributed by atoms with Crippen molar-refractivity contribution in [1.82, 2.24) is 0 Å². The SMILES string of the molecule is CCOC(=O)C(CCCCN=C(C)N)N=C1CCC(CCOC(=O)C(N)CCCCN=C(C)N)CC1. The minimum Gasteiger partial charge on any atom is -0.465 e. The molecule has 10 heteroatoms. The van der Waals surface area contributed by atoms with Gasteiger partial charge in [-0.1, -0.05) is 0 Å². The molecule has 1 rings (SSSR count). The first-order valence-electron chi connectivity index (χ1n) is 13.4. The zero-order valence-corrected chi connectivity index (χ0v) is 22.5. The van der Waals surface area contributed by atoms with E-state index in [4.69, 9.17) is 31.7 Å². The van der Waals surface area contributed by atoms with Gasteiger partial charge in [-0.05, 0) is 97.3 Å². The van der Waals surface area contributed by atoms with Crippen LogP contribution in [0.25, 0.3) is 0 Å². The summed E-state index contributed by atoms with van der Waals surface area (Å²) < 4.78 is 10.7. The smallest absolute Gasteiger partial charge is 0.330 e. The molecule has 0 aliphatic heterocycles. The molecule has 0 aromatic heterocycles. The van der Waals surface area contributed by atoms with Gasteiger partial charge in [-0.15, -0.1) is 0 Å². The molecule has 0 aromatic rings. The number of rotatable bonds is 17. The first kappa shape index (κ1) is 31.5. The van der Waals surface area contributed by atoms with Crippen LogP contribution in [0.2, 0.25) is 0 Å². The summed E-state index contributed by atoms with van der Waals surface area (Å²) in [5.41, 5.74) is 18.1. The van der Waals surface area contributed by atoms with Crippen LogP contribution in [0.1, 0.15) is 91.4 Å². The molecule has 1 aliphatic carbocycles. The molecular formula is C26H48N6O4. The topological polar surface area (TPSA) is 168 Å². The van der Waals surface area contributed by atoms with E-state index in [1.165, 1.54) is 0 Å². The van der Waals surface area contributed by atoms with Crippen molar-refractivity contribution in [2.24, 2.45) is 38.1 Å². The number of unbranched alkanes of at least 4 members (excludes halogenated alkanes) is 2. The van der Waals surface area contributed by atoms with Gasteiger partial charge in [0.2, 0.25) is 0 Å². The summed E-state index contributed by atoms with van der Waals surface area (Å²) in [5, 5.41) is 0. The summed E-state index contributed by atoms with van der Waals surface area (Å²) in [6.07, 6.45) is 9.09. The summed E-state index contributed by atoms with van der Waals surface area (Å²) in [7, 11) is 0. The van der Waals surface area contributed by atoms with Gasteiger partial charge in [0.25, 0.3) is 0 Å². The Kier molecular flexibility index (Phi) is 16.4. The highest BCUT2D eigenvalue weighted by atomic mass is 16.5. The molecule has 1 saturated carbocycles. The van der Waals surface area contributed by atoms with Crippen LogP contribution >= 0.6 is 0 Å². The van der Waals surface area contributed by atoms with E-state index >= 15 is 0 Å². The lowest BCUT2D eigenvalue weighted by molar-refractivity contribution is -0.146. The number of hydrogen-bond acceptors (Lipinski definition) is 8. The Bertz CT molecular complexity index is 735. The van der Waals surface area contributed by atoms with Crippen molar-refractivity contribution in [2.75, 3.05) is 26.3 Å². The number of aliphatic imine (C=N–C) groups is 3. The van der Waals surface area contributed by atoms with Gasteiger partial charge >= 0.3 is 11.9 Å². The Balaban J connectivity index is 2.35. The Hall–Kier alpha value is -2.49. The lowest BCUT2D eigenvalue weighted by atomic mass is 9.86. The van der Waals surface area contributed by atoms with Crippen LogP contribution in [0.4, 0.5) is 0 Å². The number of esters is 2. The molecule has 0 aromatic carbocycles. The molecule has 0 saturated heterocycles. The molecule has 1 fully saturated rings. The Morgan fingerprint density at radius 1 is 0.917 bits per heavy atom. The highest BCUT2D eigenvalue weighted by molar-refractivity contribution is 5.88. The van der Waals surface area contributed by atoms with Gasteiger partial charge in [-0.2, -0.15) is 0 Å². The molecule has 0 amide bonds. The molecule has 0 spiro atoms. The average molecular weight is 509 g/mol. The van der Waals surface area contributed by atoms with Crippen LogP contribution in [-0.4, -0.2) is 67.7 Å². The second-order valence-corrected chi connectivity index (χ2v) is 9.51. The van der Waals surface area contributed by atoms with Gasteiger partial charge in [0, 0.05) is 18.8 Å². The average Bonchev–Trinajstić information content (AvgIpc) is 2.83. The van der Waals surface area contributed by atoms with Gasteiger partial charge in [0.15, 0.2) is 0 Å². The fourth-order valence-corrected chi connectivity index (χ4v) is 4.11. The molecule has 2 atom stereocenters. The molecular weight excluding hydrogens is 460 g/mol. The van der Waals surface area contributed by atoms with E-state index in [2.05, 4.69) is 9.98 Å². The van der Waals surface area contributed by atoms with Crippen molar-refractivity contribution in [3.63, 3.8) is 0 Å². The molecule has 10 nitrogen and oxygen atoms in total. The van der Waals surface area contributed by atoms with E-state index in [0.717, 1.165) is 63.5 Å². The number of nitrogens with two attached hydrogens (primary N) is 3. The minimum absolute atomic E-state index is 0.254. The number of nitrogens with zero attached hydrogens (tertiary/aromatic N) is 3. The van der Waals surface area contributed by atoms with Crippen LogP contribution in [-0.2, 0) is 19.1 Å². The minimum atomic E-state index is -0.594. The van der Waals surface area contributed by atoms with E-state index in [9.17, 15) is 9.59 Å². The quantitative estimate of drug-likeness (QED) is 0.117. The summed E-state index contributed by atoms with van der Waals surface area (Å²) in [5.74, 6) is 1.03. The number of ether oxygens (including phenoxy) is 2. The molecule has 0 heterocycles. The largest absolute Gasteiger partial charge is 0.465 e. The number of hydrogen-bond donors (Lipinski definition) is 3. The summed E-state index contributed by atoms with van der Waals surface area (Å²) in [6.45, 7) is 7.39. The first-order chi connectivity index (χ1) is 17.2. The van der Waals surface area contributed by atoms with Crippen LogP contribution in [0.15, 0.2) is 15.0 Å². The van der Waals surface area contributed by atoms with Crippen molar-refractivity contribution >= 4 is 29.3 Å². The predicted molar refractivity (Wildman–Crippen MR) is 145 cm³/mol. The van der Waals surface area contributed by atoms with Gasteiger partial charge in [-0.25, -0.2) is 4.79 Å². The van der Waals surface area contributed by atoms with Crippen LogP contribution < -0.4 is 17.2 Å². The lowest BCUT2D eigenvalue weighted by Gasteiger charge is -2.24. The standard InChI is InChI=1S/C26H48N6O4/c1-4-35-26(34)24(10-6-8-17-31-20(3)28)32-22-13-11-21(12-14-22)15-18-36-25(33)23(29)9-5-7-16-30-19(2)27/h21,23-24H,4-18,29H2,1-3H3,(H2,27,30)(H2,28,31). The highest BCUT2D eigenvalue weighted by Crippen LogP contribution is 2.26. The Labute approximate surface area is 216 Å². The van der Waals surface area contributed by atoms with Crippen LogP contribution in [0.3, 0.4) is 0 Å². The number of carbonyl (C=O) groups is 2. The van der Waals surface area contributed by atoms with E-state index in [0.29, 0.717) is 56.7 Å². The van der Waals surface area contributed by atoms with Crippen molar-refractivity contribution in [3.05, 3.63) is 0 Å². The maximum absolute atomic E-state index is 12.4. The van der Waals surface area contributed by atoms with Gasteiger partial charge in [0.05, 0.1) is 24.9 Å². The second-order valence-electron chi connectivity index (χ2n) is 9.51. The molecule has 0 radical (unpaired) electrons. The fourth-order valence-electron chi connectivity index (χ4n) is 4.11. The van der Waals surface area contributed by atoms with E-state index in [1.807, 2.05) is 6.92 Å². The summed E-state index contributed by atoms with van der Waals surface area (Å²) in [6, 6.07) is -1.04. The molecule has 0 bridgehead atoms. The molecule has 206 valence electrons. The second kappa shape index (κ2) is 18.7. The summed E-state index contributed by atoms with van der Waals surface area (Å²) >= 11 is 0. The third-order valence-electron chi connectivity index (χ3n) is 6.18. The zero-order chi connectivity index (χ0) is 26.8. The molecule has 6 N–H and O–H groups in total. The third-order valence-corrected chi connectivity index (χ3v) is 6.18. The van der Waals surface area contributed by atoms with E-state index in [-0.39, 0.29) is 11.9 Å². The number of amidine groups is 2. The molecule has 1 aliphatic rings. The maximum Gasteiger partial charge on any atom is 0.330 e. The fraction of sp³-hybridized carbons (Fsp3) is 0.808. The van der Waals surface area contributed by atoms with Gasteiger partial charge in [-0.3, -0.25) is 19.8 Å². The Morgan fingerprint density at radius 3 is 2.06 bits per heavy atom. The third kappa shape index (κ3) is 14.8. The van der Waals surface area contributed by atoms with Gasteiger partial charge < -0.3 is 26.7 Å². The van der Waals surface area contributed by atoms with Crippen molar-refractivity contribution in [3.8, 4) is 0 Å². The van der Waals surface area contributed by atoms with Crippen molar-refractivity contribution in [2.45, 2.75) is 103 Å². The maximum atomic E-state index is 12.4. The van der Waals surface area contributed by atoms with Crippen LogP contribution in [0, 0.1) is 5.92 Å². The van der Waals surface area contributed by atoms with Crippen molar-refractivity contribution < 1.29 is 19.1 Å². The highest BCUT2D eigenvalue weighted by Gasteiger charge is 2.23. The Morgan fingerprint density at radius 2 is 1.50 bits per heavy atom.